The lowest BCUT2D eigenvalue weighted by atomic mass is 10.3. The maximum absolute atomic E-state index is 11.1. The molecule has 6 heteroatoms. The number of hydrogen-bond acceptors (Lipinski definition) is 5. The normalized spacial score (nSPS) is 20.6. The van der Waals surface area contributed by atoms with Crippen LogP contribution in [0.1, 0.15) is 0 Å². The van der Waals surface area contributed by atoms with E-state index >= 15 is 0 Å². The summed E-state index contributed by atoms with van der Waals surface area (Å²) >= 11 is 0. The average molecular weight is 188 g/mol. The van der Waals surface area contributed by atoms with Crippen molar-refractivity contribution >= 4 is 11.8 Å². The first-order valence-corrected chi connectivity index (χ1v) is 3.94. The highest BCUT2D eigenvalue weighted by atomic mass is 16.5. The summed E-state index contributed by atoms with van der Waals surface area (Å²) in [6.07, 6.45) is -0.856. The standard InChI is InChI=1S/C7H12N2O4/c8-1-5(10)2-9-6(11)3-13-4-7(9)12/h5,10H,1-4,8H2. The summed E-state index contributed by atoms with van der Waals surface area (Å²) in [6.45, 7) is -0.235. The van der Waals surface area contributed by atoms with Gasteiger partial charge >= 0.3 is 0 Å². The van der Waals surface area contributed by atoms with Crippen molar-refractivity contribution in [3.05, 3.63) is 0 Å². The minimum absolute atomic E-state index is 0.0257. The van der Waals surface area contributed by atoms with Gasteiger partial charge in [0.05, 0.1) is 12.6 Å². The van der Waals surface area contributed by atoms with Crippen LogP contribution in [-0.2, 0) is 14.3 Å². The number of imide groups is 1. The van der Waals surface area contributed by atoms with E-state index in [9.17, 15) is 9.59 Å². The maximum Gasteiger partial charge on any atom is 0.255 e. The third-order valence-electron chi connectivity index (χ3n) is 1.72. The van der Waals surface area contributed by atoms with Crippen LogP contribution in [-0.4, -0.2) is 54.2 Å². The van der Waals surface area contributed by atoms with Crippen molar-refractivity contribution in [3.63, 3.8) is 0 Å². The third-order valence-corrected chi connectivity index (χ3v) is 1.72. The Morgan fingerprint density at radius 3 is 2.46 bits per heavy atom. The predicted molar refractivity (Wildman–Crippen MR) is 42.6 cm³/mol. The van der Waals surface area contributed by atoms with E-state index in [1.54, 1.807) is 0 Å². The van der Waals surface area contributed by atoms with Crippen molar-refractivity contribution in [2.45, 2.75) is 6.10 Å². The molecule has 1 saturated heterocycles. The van der Waals surface area contributed by atoms with Crippen molar-refractivity contribution in [1.82, 2.24) is 4.90 Å². The summed E-state index contributed by atoms with van der Waals surface area (Å²) in [7, 11) is 0. The number of nitrogens with zero attached hydrogens (tertiary/aromatic N) is 1. The summed E-state index contributed by atoms with van der Waals surface area (Å²) in [5.74, 6) is -0.854. The molecule has 1 aliphatic heterocycles. The highest BCUT2D eigenvalue weighted by molar-refractivity contribution is 5.98. The molecule has 6 nitrogen and oxygen atoms in total. The van der Waals surface area contributed by atoms with E-state index in [-0.39, 0.29) is 26.3 Å². The number of hydrogen-bond donors (Lipinski definition) is 2. The Balaban J connectivity index is 2.54. The molecule has 1 heterocycles. The van der Waals surface area contributed by atoms with Gasteiger partial charge in [-0.1, -0.05) is 0 Å². The molecular formula is C7H12N2O4. The molecule has 1 aliphatic rings. The van der Waals surface area contributed by atoms with E-state index in [4.69, 9.17) is 10.8 Å². The summed E-state index contributed by atoms with van der Waals surface area (Å²) in [5, 5.41) is 9.13. The summed E-state index contributed by atoms with van der Waals surface area (Å²) in [6, 6.07) is 0. The predicted octanol–water partition coefficient (Wildman–Crippen LogP) is -2.31. The van der Waals surface area contributed by atoms with Gasteiger partial charge in [0.25, 0.3) is 11.8 Å². The van der Waals surface area contributed by atoms with Crippen LogP contribution in [0, 0.1) is 0 Å². The van der Waals surface area contributed by atoms with Gasteiger partial charge in [0.1, 0.15) is 13.2 Å². The maximum atomic E-state index is 11.1. The van der Waals surface area contributed by atoms with Gasteiger partial charge in [-0.2, -0.15) is 0 Å². The van der Waals surface area contributed by atoms with Crippen LogP contribution in [0.4, 0.5) is 0 Å². The van der Waals surface area contributed by atoms with E-state index < -0.39 is 17.9 Å². The van der Waals surface area contributed by atoms with Crippen molar-refractivity contribution < 1.29 is 19.4 Å². The Morgan fingerprint density at radius 1 is 1.46 bits per heavy atom. The first-order valence-electron chi connectivity index (χ1n) is 3.94. The van der Waals surface area contributed by atoms with Gasteiger partial charge in [0.2, 0.25) is 0 Å². The lowest BCUT2D eigenvalue weighted by Gasteiger charge is -2.26. The molecule has 13 heavy (non-hydrogen) atoms. The number of amides is 2. The minimum Gasteiger partial charge on any atom is -0.390 e. The Hall–Kier alpha value is -0.980. The molecular weight excluding hydrogens is 176 g/mol. The van der Waals surface area contributed by atoms with Crippen molar-refractivity contribution in [1.29, 1.82) is 0 Å². The Morgan fingerprint density at radius 2 is 2.00 bits per heavy atom. The lowest BCUT2D eigenvalue weighted by Crippen LogP contribution is -2.50. The second-order valence-electron chi connectivity index (χ2n) is 2.78. The van der Waals surface area contributed by atoms with E-state index in [0.29, 0.717) is 0 Å². The Kier molecular flexibility index (Phi) is 3.35. The van der Waals surface area contributed by atoms with Crippen LogP contribution in [0.3, 0.4) is 0 Å². The van der Waals surface area contributed by atoms with E-state index in [1.165, 1.54) is 0 Å². The number of morpholine rings is 1. The Bertz CT molecular complexity index is 203. The highest BCUT2D eigenvalue weighted by Gasteiger charge is 2.27. The van der Waals surface area contributed by atoms with Gasteiger partial charge in [-0.15, -0.1) is 0 Å². The van der Waals surface area contributed by atoms with Crippen LogP contribution in [0.25, 0.3) is 0 Å². The molecule has 3 N–H and O–H groups in total. The Labute approximate surface area is 75.3 Å². The van der Waals surface area contributed by atoms with Crippen LogP contribution in [0.15, 0.2) is 0 Å². The first-order chi connectivity index (χ1) is 6.15. The van der Waals surface area contributed by atoms with Crippen LogP contribution in [0.5, 0.6) is 0 Å². The summed E-state index contributed by atoms with van der Waals surface area (Å²) < 4.78 is 4.69. The van der Waals surface area contributed by atoms with Gasteiger partial charge in [0, 0.05) is 6.54 Å². The smallest absolute Gasteiger partial charge is 0.255 e. The molecule has 0 aromatic carbocycles. The van der Waals surface area contributed by atoms with Crippen LogP contribution < -0.4 is 5.73 Å². The topological polar surface area (TPSA) is 92.9 Å². The molecule has 1 fully saturated rings. The number of rotatable bonds is 3. The number of aliphatic hydroxyl groups excluding tert-OH is 1. The monoisotopic (exact) mass is 188 g/mol. The minimum atomic E-state index is -0.856. The van der Waals surface area contributed by atoms with Gasteiger partial charge in [-0.25, -0.2) is 0 Å². The lowest BCUT2D eigenvalue weighted by molar-refractivity contribution is -0.160. The number of ether oxygens (including phenoxy) is 1. The summed E-state index contributed by atoms with van der Waals surface area (Å²) in [4.78, 5) is 23.1. The molecule has 74 valence electrons. The van der Waals surface area contributed by atoms with Crippen molar-refractivity contribution in [3.8, 4) is 0 Å². The average Bonchev–Trinajstić information content (AvgIpc) is 2.11. The van der Waals surface area contributed by atoms with Crippen LogP contribution >= 0.6 is 0 Å². The van der Waals surface area contributed by atoms with Gasteiger partial charge in [0.15, 0.2) is 0 Å². The quantitative estimate of drug-likeness (QED) is 0.485. The fourth-order valence-electron chi connectivity index (χ4n) is 1.01. The molecule has 0 aromatic rings. The molecule has 1 rings (SSSR count). The molecule has 0 bridgehead atoms. The number of carbonyl (C=O) groups is 2. The number of carbonyl (C=O) groups excluding carboxylic acids is 2. The second kappa shape index (κ2) is 4.31. The molecule has 1 atom stereocenters. The summed E-state index contributed by atoms with van der Waals surface area (Å²) in [5.41, 5.74) is 5.15. The molecule has 0 radical (unpaired) electrons. The van der Waals surface area contributed by atoms with Gasteiger partial charge in [-0.3, -0.25) is 14.5 Å². The second-order valence-corrected chi connectivity index (χ2v) is 2.78. The molecule has 1 unspecified atom stereocenters. The molecule has 0 saturated carbocycles. The van der Waals surface area contributed by atoms with Crippen molar-refractivity contribution in [2.24, 2.45) is 5.73 Å². The zero-order valence-electron chi connectivity index (χ0n) is 7.10. The molecule has 0 aromatic heterocycles. The van der Waals surface area contributed by atoms with E-state index in [2.05, 4.69) is 4.74 Å². The SMILES string of the molecule is NCC(O)CN1C(=O)COCC1=O. The zero-order valence-corrected chi connectivity index (χ0v) is 7.10. The largest absolute Gasteiger partial charge is 0.390 e. The first kappa shape index (κ1) is 10.1. The van der Waals surface area contributed by atoms with Gasteiger partial charge in [-0.05, 0) is 0 Å². The third kappa shape index (κ3) is 2.48. The van der Waals surface area contributed by atoms with Gasteiger partial charge < -0.3 is 15.6 Å². The zero-order chi connectivity index (χ0) is 9.84. The van der Waals surface area contributed by atoms with E-state index in [1.807, 2.05) is 0 Å². The number of β-amino-alcohol motifs (C(OH)–C–C–N with tert-alkyl or cyclic N) is 1. The highest BCUT2D eigenvalue weighted by Crippen LogP contribution is 2.01. The van der Waals surface area contributed by atoms with E-state index in [0.717, 1.165) is 4.90 Å². The fraction of sp³-hybridized carbons (Fsp3) is 0.714. The van der Waals surface area contributed by atoms with Crippen molar-refractivity contribution in [2.75, 3.05) is 26.3 Å². The number of nitrogens with two attached hydrogens (primary N) is 1. The fourth-order valence-corrected chi connectivity index (χ4v) is 1.01. The number of aliphatic hydroxyl groups is 1. The van der Waals surface area contributed by atoms with Crippen LogP contribution in [0.2, 0.25) is 0 Å². The molecule has 0 spiro atoms. The molecule has 0 aliphatic carbocycles. The molecule has 2 amide bonds.